The highest BCUT2D eigenvalue weighted by atomic mass is 19.4. The van der Waals surface area contributed by atoms with Crippen LogP contribution >= 0.6 is 0 Å². The molecule has 0 N–H and O–H groups in total. The Kier molecular flexibility index (Phi) is 6.07. The molecule has 3 aromatic rings. The molecule has 1 aromatic heterocycles. The summed E-state index contributed by atoms with van der Waals surface area (Å²) >= 11 is 0. The molecule has 1 amide bonds. The van der Waals surface area contributed by atoms with Gasteiger partial charge in [-0.2, -0.15) is 13.2 Å². The third-order valence-electron chi connectivity index (χ3n) is 5.31. The lowest BCUT2D eigenvalue weighted by molar-refractivity contribution is -0.137. The van der Waals surface area contributed by atoms with E-state index < -0.39 is 11.7 Å². The highest BCUT2D eigenvalue weighted by Crippen LogP contribution is 2.32. The molecule has 0 aliphatic carbocycles. The number of rotatable bonds is 4. The number of amides is 1. The van der Waals surface area contributed by atoms with Gasteiger partial charge in [0.2, 0.25) is 11.9 Å². The molecule has 0 saturated carbocycles. The number of halogens is 4. The van der Waals surface area contributed by atoms with Crippen LogP contribution in [0.2, 0.25) is 0 Å². The Labute approximate surface area is 182 Å². The molecule has 1 aliphatic heterocycles. The van der Waals surface area contributed by atoms with Gasteiger partial charge in [0, 0.05) is 37.9 Å². The van der Waals surface area contributed by atoms with Crippen LogP contribution in [-0.2, 0) is 17.4 Å². The largest absolute Gasteiger partial charge is 0.416 e. The first-order valence-electron chi connectivity index (χ1n) is 10.1. The van der Waals surface area contributed by atoms with Crippen molar-refractivity contribution in [3.63, 3.8) is 0 Å². The Morgan fingerprint density at radius 2 is 1.69 bits per heavy atom. The van der Waals surface area contributed by atoms with Crippen molar-refractivity contribution in [3.05, 3.63) is 77.7 Å². The van der Waals surface area contributed by atoms with E-state index in [0.717, 1.165) is 17.7 Å². The molecule has 9 heteroatoms. The summed E-state index contributed by atoms with van der Waals surface area (Å²) in [7, 11) is 0. The van der Waals surface area contributed by atoms with E-state index in [-0.39, 0.29) is 18.1 Å². The Morgan fingerprint density at radius 3 is 2.38 bits per heavy atom. The number of nitrogens with zero attached hydrogens (tertiary/aromatic N) is 4. The van der Waals surface area contributed by atoms with E-state index in [9.17, 15) is 22.4 Å². The van der Waals surface area contributed by atoms with Crippen LogP contribution in [-0.4, -0.2) is 47.0 Å². The number of anilines is 1. The van der Waals surface area contributed by atoms with Crippen LogP contribution in [0.3, 0.4) is 0 Å². The molecule has 0 atom stereocenters. The predicted molar refractivity (Wildman–Crippen MR) is 111 cm³/mol. The van der Waals surface area contributed by atoms with Crippen LogP contribution in [0.5, 0.6) is 0 Å². The molecule has 2 aromatic carbocycles. The zero-order valence-corrected chi connectivity index (χ0v) is 17.0. The number of carbonyl (C=O) groups excluding carboxylic acids is 1. The van der Waals surface area contributed by atoms with Crippen LogP contribution in [0.15, 0.2) is 60.8 Å². The van der Waals surface area contributed by atoms with Gasteiger partial charge in [-0.15, -0.1) is 0 Å². The zero-order chi connectivity index (χ0) is 22.7. The molecular weight excluding hydrogens is 424 g/mol. The maximum atomic E-state index is 13.0. The molecule has 0 radical (unpaired) electrons. The monoisotopic (exact) mass is 444 g/mol. The van der Waals surface area contributed by atoms with Gasteiger partial charge >= 0.3 is 6.18 Å². The number of alkyl halides is 3. The highest BCUT2D eigenvalue weighted by molar-refractivity contribution is 5.79. The molecule has 32 heavy (non-hydrogen) atoms. The summed E-state index contributed by atoms with van der Waals surface area (Å²) in [5.74, 6) is 0.0163. The standard InChI is InChI=1S/C23H20F4N4O/c24-19-6-4-16(5-7-19)14-21(32)30-10-12-31(13-11-30)22-28-9-8-20(29-22)17-2-1-3-18(15-17)23(25,26)27/h1-9,15H,10-14H2. The molecule has 1 saturated heterocycles. The van der Waals surface area contributed by atoms with Gasteiger partial charge in [-0.3, -0.25) is 4.79 Å². The molecule has 1 fully saturated rings. The van der Waals surface area contributed by atoms with Crippen LogP contribution < -0.4 is 4.90 Å². The third-order valence-corrected chi connectivity index (χ3v) is 5.31. The lowest BCUT2D eigenvalue weighted by atomic mass is 10.1. The summed E-state index contributed by atoms with van der Waals surface area (Å²) < 4.78 is 52.1. The average Bonchev–Trinajstić information content (AvgIpc) is 2.80. The Bertz CT molecular complexity index is 1090. The summed E-state index contributed by atoms with van der Waals surface area (Å²) in [5, 5.41) is 0. The number of carbonyl (C=O) groups is 1. The van der Waals surface area contributed by atoms with Crippen molar-refractivity contribution in [1.29, 1.82) is 0 Å². The van der Waals surface area contributed by atoms with E-state index in [2.05, 4.69) is 9.97 Å². The van der Waals surface area contributed by atoms with Crippen molar-refractivity contribution in [3.8, 4) is 11.3 Å². The topological polar surface area (TPSA) is 49.3 Å². The molecule has 4 rings (SSSR count). The number of piperazine rings is 1. The second kappa shape index (κ2) is 8.94. The van der Waals surface area contributed by atoms with Gasteiger partial charge in [0.15, 0.2) is 0 Å². The second-order valence-electron chi connectivity index (χ2n) is 7.49. The molecule has 0 spiro atoms. The predicted octanol–water partition coefficient (Wildman–Crippen LogP) is 4.19. The van der Waals surface area contributed by atoms with Crippen LogP contribution in [0.4, 0.5) is 23.5 Å². The number of hydrogen-bond donors (Lipinski definition) is 0. The maximum Gasteiger partial charge on any atom is 0.416 e. The third kappa shape index (κ3) is 5.04. The highest BCUT2D eigenvalue weighted by Gasteiger charge is 2.30. The van der Waals surface area contributed by atoms with Crippen molar-refractivity contribution in [2.75, 3.05) is 31.1 Å². The molecule has 0 bridgehead atoms. The lowest BCUT2D eigenvalue weighted by Gasteiger charge is -2.35. The smallest absolute Gasteiger partial charge is 0.339 e. The van der Waals surface area contributed by atoms with E-state index in [1.165, 1.54) is 24.4 Å². The van der Waals surface area contributed by atoms with Crippen molar-refractivity contribution in [1.82, 2.24) is 14.9 Å². The fourth-order valence-electron chi connectivity index (χ4n) is 3.56. The van der Waals surface area contributed by atoms with Gasteiger partial charge in [-0.25, -0.2) is 14.4 Å². The number of aromatic nitrogens is 2. The van der Waals surface area contributed by atoms with E-state index in [1.807, 2.05) is 4.90 Å². The van der Waals surface area contributed by atoms with E-state index in [0.29, 0.717) is 43.4 Å². The van der Waals surface area contributed by atoms with Crippen LogP contribution in [0.25, 0.3) is 11.3 Å². The first kappa shape index (κ1) is 21.7. The van der Waals surface area contributed by atoms with Crippen molar-refractivity contribution in [2.45, 2.75) is 12.6 Å². The van der Waals surface area contributed by atoms with Crippen LogP contribution in [0.1, 0.15) is 11.1 Å². The minimum Gasteiger partial charge on any atom is -0.339 e. The lowest BCUT2D eigenvalue weighted by Crippen LogP contribution is -2.49. The number of hydrogen-bond acceptors (Lipinski definition) is 4. The zero-order valence-electron chi connectivity index (χ0n) is 17.0. The van der Waals surface area contributed by atoms with Gasteiger partial charge in [-0.1, -0.05) is 24.3 Å². The maximum absolute atomic E-state index is 13.0. The first-order valence-corrected chi connectivity index (χ1v) is 10.1. The minimum atomic E-state index is -4.43. The molecule has 2 heterocycles. The minimum absolute atomic E-state index is 0.0464. The normalized spacial score (nSPS) is 14.5. The quantitative estimate of drug-likeness (QED) is 0.567. The summed E-state index contributed by atoms with van der Waals surface area (Å²) in [6, 6.07) is 12.4. The van der Waals surface area contributed by atoms with Crippen LogP contribution in [0, 0.1) is 5.82 Å². The Morgan fingerprint density at radius 1 is 0.969 bits per heavy atom. The first-order chi connectivity index (χ1) is 15.3. The summed E-state index contributed by atoms with van der Waals surface area (Å²) in [4.78, 5) is 24.9. The summed E-state index contributed by atoms with van der Waals surface area (Å²) in [5.41, 5.74) is 0.770. The van der Waals surface area contributed by atoms with Crippen molar-refractivity contribution >= 4 is 11.9 Å². The van der Waals surface area contributed by atoms with Gasteiger partial charge in [0.25, 0.3) is 0 Å². The summed E-state index contributed by atoms with van der Waals surface area (Å²) in [6.45, 7) is 1.94. The fraction of sp³-hybridized carbons (Fsp3) is 0.261. The average molecular weight is 444 g/mol. The molecule has 0 unspecified atom stereocenters. The number of benzene rings is 2. The Hall–Kier alpha value is -3.49. The molecular formula is C23H20F4N4O. The van der Waals surface area contributed by atoms with Gasteiger partial charge < -0.3 is 9.80 Å². The molecule has 166 valence electrons. The van der Waals surface area contributed by atoms with E-state index in [4.69, 9.17) is 0 Å². The summed E-state index contributed by atoms with van der Waals surface area (Å²) in [6.07, 6.45) is -2.71. The second-order valence-corrected chi connectivity index (χ2v) is 7.49. The van der Waals surface area contributed by atoms with Gasteiger partial charge in [0.1, 0.15) is 5.82 Å². The SMILES string of the molecule is O=C(Cc1ccc(F)cc1)N1CCN(c2nccc(-c3cccc(C(F)(F)F)c3)n2)CC1. The van der Waals surface area contributed by atoms with E-state index in [1.54, 1.807) is 29.2 Å². The molecule has 5 nitrogen and oxygen atoms in total. The Balaban J connectivity index is 1.41. The van der Waals surface area contributed by atoms with Gasteiger partial charge in [0.05, 0.1) is 17.7 Å². The fourth-order valence-corrected chi connectivity index (χ4v) is 3.56. The van der Waals surface area contributed by atoms with Gasteiger partial charge in [-0.05, 0) is 35.9 Å². The van der Waals surface area contributed by atoms with E-state index >= 15 is 0 Å². The molecule has 1 aliphatic rings. The van der Waals surface area contributed by atoms with Crippen molar-refractivity contribution < 1.29 is 22.4 Å². The van der Waals surface area contributed by atoms with Crippen molar-refractivity contribution in [2.24, 2.45) is 0 Å².